The molecule has 1 aliphatic rings. The molecule has 0 saturated carbocycles. The molecule has 0 spiro atoms. The molecule has 1 aliphatic heterocycles. The van der Waals surface area contributed by atoms with E-state index < -0.39 is 8.07 Å². The number of rotatable bonds is 4. The van der Waals surface area contributed by atoms with Crippen molar-refractivity contribution in [3.63, 3.8) is 0 Å². The third kappa shape index (κ3) is 3.37. The zero-order valence-corrected chi connectivity index (χ0v) is 16.7. The Kier molecular flexibility index (Phi) is 5.77. The van der Waals surface area contributed by atoms with Gasteiger partial charge in [0.05, 0.1) is 0 Å². The van der Waals surface area contributed by atoms with Crippen LogP contribution < -0.4 is 0 Å². The van der Waals surface area contributed by atoms with Gasteiger partial charge < -0.3 is 4.74 Å². The molecule has 1 saturated heterocycles. The third-order valence-electron chi connectivity index (χ3n) is 5.32. The first kappa shape index (κ1) is 18.6. The Labute approximate surface area is 147 Å². The highest BCUT2D eigenvalue weighted by Gasteiger charge is 2.42. The molecule has 24 heavy (non-hydrogen) atoms. The summed E-state index contributed by atoms with van der Waals surface area (Å²) in [5, 5.41) is 0. The van der Waals surface area contributed by atoms with E-state index in [1.165, 1.54) is 0 Å². The molecular weight excluding hydrogens is 314 g/mol. The van der Waals surface area contributed by atoms with E-state index in [0.717, 1.165) is 5.56 Å². The highest BCUT2D eigenvalue weighted by Crippen LogP contribution is 2.41. The molecule has 1 heterocycles. The first-order valence-electron chi connectivity index (χ1n) is 8.84. The molecule has 0 N–H and O–H groups in total. The highest BCUT2D eigenvalue weighted by molar-refractivity contribution is 6.90. The average Bonchev–Trinajstić information content (AvgIpc) is 2.89. The molecule has 1 aromatic rings. The van der Waals surface area contributed by atoms with Crippen LogP contribution in [-0.2, 0) is 4.74 Å². The van der Waals surface area contributed by atoms with Crippen LogP contribution in [0.15, 0.2) is 30.3 Å². The van der Waals surface area contributed by atoms with Crippen molar-refractivity contribution >= 4 is 14.2 Å². The van der Waals surface area contributed by atoms with Crippen LogP contribution in [0.1, 0.15) is 53.1 Å². The van der Waals surface area contributed by atoms with Crippen molar-refractivity contribution in [3.05, 3.63) is 35.9 Å². The van der Waals surface area contributed by atoms with Crippen molar-refractivity contribution in [1.29, 1.82) is 0 Å². The zero-order chi connectivity index (χ0) is 17.9. The van der Waals surface area contributed by atoms with E-state index in [-0.39, 0.29) is 12.1 Å². The molecule has 1 fully saturated rings. The Hall–Kier alpha value is -1.73. The van der Waals surface area contributed by atoms with Gasteiger partial charge in [0, 0.05) is 6.04 Å². The van der Waals surface area contributed by atoms with Gasteiger partial charge in [0.15, 0.2) is 0 Å². The van der Waals surface area contributed by atoms with Gasteiger partial charge in [-0.3, -0.25) is 0 Å². The van der Waals surface area contributed by atoms with Crippen LogP contribution in [0.25, 0.3) is 0 Å². The fourth-order valence-electron chi connectivity index (χ4n) is 4.06. The van der Waals surface area contributed by atoms with E-state index in [0.29, 0.717) is 23.2 Å². The van der Waals surface area contributed by atoms with E-state index in [2.05, 4.69) is 53.1 Å². The van der Waals surface area contributed by atoms with Crippen molar-refractivity contribution in [2.45, 2.75) is 64.2 Å². The zero-order valence-electron chi connectivity index (χ0n) is 15.7. The fraction of sp³-hybridized carbons (Fsp3) is 0.550. The number of amides is 1. The predicted octanol–water partition coefficient (Wildman–Crippen LogP) is 5.36. The second-order valence-electron chi connectivity index (χ2n) is 7.51. The monoisotopic (exact) mass is 343 g/mol. The Morgan fingerprint density at radius 1 is 1.04 bits per heavy atom. The van der Waals surface area contributed by atoms with E-state index in [1.807, 2.05) is 30.3 Å². The molecule has 0 radical (unpaired) electrons. The Morgan fingerprint density at radius 3 is 2.08 bits per heavy atom. The van der Waals surface area contributed by atoms with E-state index >= 15 is 0 Å². The van der Waals surface area contributed by atoms with Crippen LogP contribution in [0.4, 0.5) is 4.79 Å². The molecule has 1 aromatic carbocycles. The molecule has 130 valence electrons. The fourth-order valence-corrected chi connectivity index (χ4v) is 9.24. The Bertz CT molecular complexity index is 606. The number of benzene rings is 1. The predicted molar refractivity (Wildman–Crippen MR) is 101 cm³/mol. The highest BCUT2D eigenvalue weighted by atomic mass is 28.3. The van der Waals surface area contributed by atoms with Gasteiger partial charge in [-0.25, -0.2) is 9.69 Å². The number of carbonyl (C=O) groups excluding carboxylic acids is 1. The van der Waals surface area contributed by atoms with Gasteiger partial charge >= 0.3 is 6.09 Å². The summed E-state index contributed by atoms with van der Waals surface area (Å²) in [4.78, 5) is 13.8. The van der Waals surface area contributed by atoms with Gasteiger partial charge in [-0.05, 0) is 22.2 Å². The van der Waals surface area contributed by atoms with E-state index in [1.54, 1.807) is 4.90 Å². The van der Waals surface area contributed by atoms with Crippen LogP contribution in [0, 0.1) is 11.6 Å². The standard InChI is InChI=1S/C20H29NO2Si/c1-15(2)24(16(3)4,17(5)6)13-12-21-19(14-23-20(21)22)18-10-8-7-9-11-18/h7-11,15-17,19H,14H2,1-6H3. The maximum absolute atomic E-state index is 12.2. The molecule has 0 bridgehead atoms. The van der Waals surface area contributed by atoms with Crippen LogP contribution in [0.3, 0.4) is 0 Å². The lowest BCUT2D eigenvalue weighted by Crippen LogP contribution is -2.43. The molecule has 0 aromatic heterocycles. The van der Waals surface area contributed by atoms with Crippen molar-refractivity contribution in [2.75, 3.05) is 6.61 Å². The Morgan fingerprint density at radius 2 is 1.58 bits per heavy atom. The van der Waals surface area contributed by atoms with Gasteiger partial charge in [0.1, 0.15) is 20.7 Å². The van der Waals surface area contributed by atoms with E-state index in [4.69, 9.17) is 4.74 Å². The number of hydrogen-bond donors (Lipinski definition) is 0. The molecule has 0 aliphatic carbocycles. The molecule has 1 unspecified atom stereocenters. The van der Waals surface area contributed by atoms with Crippen LogP contribution in [0.2, 0.25) is 16.6 Å². The number of hydrogen-bond acceptors (Lipinski definition) is 2. The quantitative estimate of drug-likeness (QED) is 0.544. The maximum Gasteiger partial charge on any atom is 0.422 e. The minimum absolute atomic E-state index is 0.107. The second kappa shape index (κ2) is 7.44. The molecule has 1 atom stereocenters. The summed E-state index contributed by atoms with van der Waals surface area (Å²) in [5.41, 5.74) is 6.31. The number of nitrogens with zero attached hydrogens (tertiary/aromatic N) is 1. The molecule has 4 heteroatoms. The lowest BCUT2D eigenvalue weighted by molar-refractivity contribution is 0.167. The van der Waals surface area contributed by atoms with Gasteiger partial charge in [-0.2, -0.15) is 0 Å². The average molecular weight is 344 g/mol. The summed E-state index contributed by atoms with van der Waals surface area (Å²) in [6, 6.07) is 13.1. The lowest BCUT2D eigenvalue weighted by atomic mass is 10.1. The summed E-state index contributed by atoms with van der Waals surface area (Å²) in [6.07, 6.45) is -0.324. The number of carbonyl (C=O) groups is 1. The van der Waals surface area contributed by atoms with E-state index in [9.17, 15) is 4.79 Å². The van der Waals surface area contributed by atoms with Crippen LogP contribution in [0.5, 0.6) is 0 Å². The van der Waals surface area contributed by atoms with Gasteiger partial charge in [-0.1, -0.05) is 71.9 Å². The molecule has 3 nitrogen and oxygen atoms in total. The normalized spacial score (nSPS) is 18.1. The van der Waals surface area contributed by atoms with Gasteiger partial charge in [-0.15, -0.1) is 5.54 Å². The summed E-state index contributed by atoms with van der Waals surface area (Å²) in [5.74, 6) is 0. The van der Waals surface area contributed by atoms with Crippen molar-refractivity contribution < 1.29 is 9.53 Å². The van der Waals surface area contributed by atoms with Gasteiger partial charge in [0.25, 0.3) is 0 Å². The first-order chi connectivity index (χ1) is 11.3. The summed E-state index contributed by atoms with van der Waals surface area (Å²) >= 11 is 0. The van der Waals surface area contributed by atoms with Crippen molar-refractivity contribution in [3.8, 4) is 11.6 Å². The van der Waals surface area contributed by atoms with Gasteiger partial charge in [0.2, 0.25) is 0 Å². The molecule has 1 amide bonds. The summed E-state index contributed by atoms with van der Waals surface area (Å²) < 4.78 is 5.28. The van der Waals surface area contributed by atoms with Crippen LogP contribution in [-0.4, -0.2) is 25.7 Å². The summed E-state index contributed by atoms with van der Waals surface area (Å²) in [6.45, 7) is 14.0. The minimum atomic E-state index is -1.87. The maximum atomic E-state index is 12.2. The lowest BCUT2D eigenvalue weighted by Gasteiger charge is -2.38. The number of cyclic esters (lactones) is 1. The van der Waals surface area contributed by atoms with Crippen LogP contribution >= 0.6 is 0 Å². The van der Waals surface area contributed by atoms with Crippen molar-refractivity contribution in [1.82, 2.24) is 4.90 Å². The molecule has 2 rings (SSSR count). The summed E-state index contributed by atoms with van der Waals surface area (Å²) in [7, 11) is -1.87. The Balaban J connectivity index is 2.40. The third-order valence-corrected chi connectivity index (χ3v) is 11.6. The minimum Gasteiger partial charge on any atom is -0.446 e. The first-order valence-corrected chi connectivity index (χ1v) is 11.1. The number of ether oxygens (including phenoxy) is 1. The largest absolute Gasteiger partial charge is 0.446 e. The smallest absolute Gasteiger partial charge is 0.422 e. The topological polar surface area (TPSA) is 29.5 Å². The van der Waals surface area contributed by atoms with Crippen molar-refractivity contribution in [2.24, 2.45) is 0 Å². The molecular formula is C20H29NO2Si. The second-order valence-corrected chi connectivity index (χ2v) is 13.1. The SMILES string of the molecule is CC(C)[Si](C#CN1C(=O)OCC1c1ccccc1)(C(C)C)C(C)C.